The highest BCUT2D eigenvalue weighted by atomic mass is 35.5. The number of carbonyl (C=O) groups is 3. The molecule has 0 aliphatic carbocycles. The molecule has 172 valence electrons. The molecule has 0 unspecified atom stereocenters. The molecule has 0 aromatic heterocycles. The number of carbonyl (C=O) groups excluding carboxylic acids is 3. The van der Waals surface area contributed by atoms with Crippen LogP contribution in [0.25, 0.3) is 6.08 Å². The first-order chi connectivity index (χ1) is 16.0. The van der Waals surface area contributed by atoms with Crippen LogP contribution in [0.5, 0.6) is 11.5 Å². The molecule has 2 aliphatic rings. The Morgan fingerprint density at radius 3 is 2.61 bits per heavy atom. The lowest BCUT2D eigenvalue weighted by atomic mass is 10.1. The molecule has 3 amide bonds. The average Bonchev–Trinajstić information content (AvgIpc) is 3.42. The van der Waals surface area contributed by atoms with Crippen LogP contribution in [0.2, 0.25) is 5.02 Å². The molecule has 2 aromatic carbocycles. The lowest BCUT2D eigenvalue weighted by Gasteiger charge is -2.17. The van der Waals surface area contributed by atoms with Gasteiger partial charge in [0.1, 0.15) is 0 Å². The molecule has 9 heteroatoms. The number of likely N-dealkylation sites (tertiary alicyclic amines) is 1. The zero-order chi connectivity index (χ0) is 23.4. The van der Waals surface area contributed by atoms with E-state index in [-0.39, 0.29) is 17.8 Å². The van der Waals surface area contributed by atoms with Gasteiger partial charge in [0.15, 0.2) is 18.1 Å². The highest BCUT2D eigenvalue weighted by Crippen LogP contribution is 2.37. The highest BCUT2D eigenvalue weighted by molar-refractivity contribution is 8.19. The molecular weight excluding hydrogens is 464 g/mol. The van der Waals surface area contributed by atoms with E-state index in [0.29, 0.717) is 39.3 Å². The van der Waals surface area contributed by atoms with Crippen molar-refractivity contribution in [2.75, 3.05) is 31.2 Å². The van der Waals surface area contributed by atoms with Crippen LogP contribution in [0.3, 0.4) is 0 Å². The minimum Gasteiger partial charge on any atom is -0.490 e. The number of hydrogen-bond donors (Lipinski definition) is 0. The molecule has 7 nitrogen and oxygen atoms in total. The van der Waals surface area contributed by atoms with Gasteiger partial charge in [0.05, 0.1) is 17.2 Å². The van der Waals surface area contributed by atoms with Crippen LogP contribution in [0.15, 0.2) is 47.4 Å². The van der Waals surface area contributed by atoms with Crippen molar-refractivity contribution in [3.05, 3.63) is 58.0 Å². The molecule has 0 saturated carbocycles. The van der Waals surface area contributed by atoms with Crippen molar-refractivity contribution < 1.29 is 23.9 Å². The molecule has 0 bridgehead atoms. The first-order valence-electron chi connectivity index (χ1n) is 10.7. The summed E-state index contributed by atoms with van der Waals surface area (Å²) in [5.41, 5.74) is 1.10. The van der Waals surface area contributed by atoms with E-state index < -0.39 is 5.91 Å². The van der Waals surface area contributed by atoms with E-state index in [4.69, 9.17) is 21.1 Å². The van der Waals surface area contributed by atoms with E-state index in [1.54, 1.807) is 53.4 Å². The number of thioether (sulfide) groups is 1. The van der Waals surface area contributed by atoms with Crippen LogP contribution in [0, 0.1) is 0 Å². The average molecular weight is 487 g/mol. The van der Waals surface area contributed by atoms with E-state index in [1.807, 2.05) is 6.92 Å². The Morgan fingerprint density at radius 2 is 1.88 bits per heavy atom. The first kappa shape index (κ1) is 23.2. The van der Waals surface area contributed by atoms with Crippen LogP contribution in [-0.4, -0.2) is 48.3 Å². The van der Waals surface area contributed by atoms with Crippen molar-refractivity contribution in [1.82, 2.24) is 4.90 Å². The standard InChI is InChI=1S/C24H23ClN2O5S/c1-2-31-20-12-16(8-9-19(20)32-15-22(28)26-10-3-4-11-26)13-21-23(29)27(24(30)33-21)18-7-5-6-17(25)14-18/h5-9,12-14H,2-4,10-11,15H2,1H3/b21-13+. The predicted octanol–water partition coefficient (Wildman–Crippen LogP) is 4.98. The lowest BCUT2D eigenvalue weighted by molar-refractivity contribution is -0.132. The summed E-state index contributed by atoms with van der Waals surface area (Å²) in [7, 11) is 0. The van der Waals surface area contributed by atoms with Gasteiger partial charge in [-0.1, -0.05) is 23.7 Å². The fourth-order valence-corrected chi connectivity index (χ4v) is 4.68. The molecular formula is C24H23ClN2O5S. The van der Waals surface area contributed by atoms with Gasteiger partial charge in [0.2, 0.25) is 0 Å². The molecule has 2 aliphatic heterocycles. The summed E-state index contributed by atoms with van der Waals surface area (Å²) in [6.45, 7) is 3.73. The Hall–Kier alpha value is -2.97. The highest BCUT2D eigenvalue weighted by Gasteiger charge is 2.36. The summed E-state index contributed by atoms with van der Waals surface area (Å²) in [6, 6.07) is 11.8. The van der Waals surface area contributed by atoms with Crippen LogP contribution in [0.1, 0.15) is 25.3 Å². The Balaban J connectivity index is 1.51. The van der Waals surface area contributed by atoms with Crippen LogP contribution in [-0.2, 0) is 9.59 Å². The van der Waals surface area contributed by atoms with E-state index in [9.17, 15) is 14.4 Å². The quantitative estimate of drug-likeness (QED) is 0.514. The summed E-state index contributed by atoms with van der Waals surface area (Å²) in [6.07, 6.45) is 3.68. The van der Waals surface area contributed by atoms with E-state index in [0.717, 1.165) is 42.6 Å². The number of imide groups is 1. The molecule has 2 fully saturated rings. The summed E-state index contributed by atoms with van der Waals surface area (Å²) in [5, 5.41) is 0.0506. The lowest BCUT2D eigenvalue weighted by Crippen LogP contribution is -2.32. The number of benzene rings is 2. The first-order valence-corrected chi connectivity index (χ1v) is 11.9. The van der Waals surface area contributed by atoms with Gasteiger partial charge >= 0.3 is 0 Å². The van der Waals surface area contributed by atoms with Crippen molar-refractivity contribution in [3.8, 4) is 11.5 Å². The molecule has 0 N–H and O–H groups in total. The number of anilines is 1. The number of ether oxygens (including phenoxy) is 2. The van der Waals surface area contributed by atoms with Gasteiger partial charge < -0.3 is 14.4 Å². The molecule has 2 saturated heterocycles. The van der Waals surface area contributed by atoms with Crippen molar-refractivity contribution in [3.63, 3.8) is 0 Å². The minimum atomic E-state index is -0.415. The molecule has 2 aromatic rings. The molecule has 2 heterocycles. The summed E-state index contributed by atoms with van der Waals surface area (Å²) in [5.74, 6) is 0.457. The normalized spacial score (nSPS) is 17.2. The zero-order valence-electron chi connectivity index (χ0n) is 18.1. The third-order valence-corrected chi connectivity index (χ3v) is 6.34. The monoisotopic (exact) mass is 486 g/mol. The molecule has 33 heavy (non-hydrogen) atoms. The predicted molar refractivity (Wildman–Crippen MR) is 129 cm³/mol. The third kappa shape index (κ3) is 5.34. The number of rotatable bonds is 7. The van der Waals surface area contributed by atoms with Crippen molar-refractivity contribution >= 4 is 52.2 Å². The second-order valence-corrected chi connectivity index (χ2v) is 8.94. The van der Waals surface area contributed by atoms with Gasteiger partial charge in [0.25, 0.3) is 17.1 Å². The zero-order valence-corrected chi connectivity index (χ0v) is 19.7. The fraction of sp³-hybridized carbons (Fsp3) is 0.292. The van der Waals surface area contributed by atoms with Gasteiger partial charge in [-0.2, -0.15) is 0 Å². The van der Waals surface area contributed by atoms with Crippen LogP contribution >= 0.6 is 23.4 Å². The van der Waals surface area contributed by atoms with Crippen molar-refractivity contribution in [2.45, 2.75) is 19.8 Å². The van der Waals surface area contributed by atoms with Crippen LogP contribution in [0.4, 0.5) is 10.5 Å². The minimum absolute atomic E-state index is 0.0475. The van der Waals surface area contributed by atoms with E-state index >= 15 is 0 Å². The fourth-order valence-electron chi connectivity index (χ4n) is 3.66. The Kier molecular flexibility index (Phi) is 7.25. The van der Waals surface area contributed by atoms with E-state index in [1.165, 1.54) is 0 Å². The number of nitrogens with zero attached hydrogens (tertiary/aromatic N) is 2. The Morgan fingerprint density at radius 1 is 1.09 bits per heavy atom. The van der Waals surface area contributed by atoms with Crippen LogP contribution < -0.4 is 14.4 Å². The second-order valence-electron chi connectivity index (χ2n) is 7.51. The maximum absolute atomic E-state index is 12.9. The van der Waals surface area contributed by atoms with Gasteiger partial charge in [0, 0.05) is 18.1 Å². The van der Waals surface area contributed by atoms with Crippen molar-refractivity contribution in [2.24, 2.45) is 0 Å². The Bertz CT molecular complexity index is 1110. The van der Waals surface area contributed by atoms with E-state index in [2.05, 4.69) is 0 Å². The van der Waals surface area contributed by atoms with Gasteiger partial charge in [-0.3, -0.25) is 14.4 Å². The second kappa shape index (κ2) is 10.3. The van der Waals surface area contributed by atoms with Gasteiger partial charge in [-0.25, -0.2) is 4.90 Å². The molecule has 0 spiro atoms. The molecule has 4 rings (SSSR count). The SMILES string of the molecule is CCOc1cc(/C=C2/SC(=O)N(c3cccc(Cl)c3)C2=O)ccc1OCC(=O)N1CCCC1. The Labute approximate surface area is 201 Å². The molecule has 0 atom stereocenters. The maximum Gasteiger partial charge on any atom is 0.298 e. The molecule has 0 radical (unpaired) electrons. The number of hydrogen-bond acceptors (Lipinski definition) is 6. The third-order valence-electron chi connectivity index (χ3n) is 5.24. The summed E-state index contributed by atoms with van der Waals surface area (Å²) in [4.78, 5) is 40.8. The number of amides is 3. The summed E-state index contributed by atoms with van der Waals surface area (Å²) < 4.78 is 11.4. The van der Waals surface area contributed by atoms with Gasteiger partial charge in [-0.15, -0.1) is 0 Å². The van der Waals surface area contributed by atoms with Crippen molar-refractivity contribution in [1.29, 1.82) is 0 Å². The maximum atomic E-state index is 12.9. The largest absolute Gasteiger partial charge is 0.490 e. The van der Waals surface area contributed by atoms with Gasteiger partial charge in [-0.05, 0) is 73.5 Å². The smallest absolute Gasteiger partial charge is 0.298 e. The summed E-state index contributed by atoms with van der Waals surface area (Å²) >= 11 is 6.87. The topological polar surface area (TPSA) is 76.1 Å². The number of halogens is 1.